The summed E-state index contributed by atoms with van der Waals surface area (Å²) in [7, 11) is 0. The third kappa shape index (κ3) is 3.10. The molecule has 38 valence electrons. The first kappa shape index (κ1) is 6.28. The second-order valence-electron chi connectivity index (χ2n) is 1.16. The number of hydrogen-bond donors (Lipinski definition) is 0. The van der Waals surface area contributed by atoms with Gasteiger partial charge in [0.1, 0.15) is 0 Å². The van der Waals surface area contributed by atoms with Crippen LogP contribution in [0.5, 0.6) is 0 Å². The highest BCUT2D eigenvalue weighted by Crippen LogP contribution is 1.86. The fraction of sp³-hybridized carbons (Fsp3) is 0.400. The van der Waals surface area contributed by atoms with Crippen molar-refractivity contribution in [2.75, 3.05) is 6.61 Å². The van der Waals surface area contributed by atoms with Crippen molar-refractivity contribution in [1.29, 1.82) is 0 Å². The van der Waals surface area contributed by atoms with Crippen LogP contribution in [0.3, 0.4) is 0 Å². The van der Waals surface area contributed by atoms with Crippen molar-refractivity contribution in [3.63, 3.8) is 0 Å². The minimum atomic E-state index is -0.270. The summed E-state index contributed by atoms with van der Waals surface area (Å²) < 4.78 is 0. The first-order valence-corrected chi connectivity index (χ1v) is 1.95. The topological polar surface area (TPSA) is 40.1 Å². The van der Waals surface area contributed by atoms with Gasteiger partial charge >= 0.3 is 6.29 Å². The maximum Gasteiger partial charge on any atom is 0.359 e. The predicted octanol–water partition coefficient (Wildman–Crippen LogP) is -0.597. The molecule has 0 aliphatic rings. The lowest BCUT2D eigenvalue weighted by atomic mass is 10.2. The van der Waals surface area contributed by atoms with Crippen molar-refractivity contribution in [3.8, 4) is 0 Å². The molecule has 0 saturated carbocycles. The second-order valence-corrected chi connectivity index (χ2v) is 1.16. The van der Waals surface area contributed by atoms with Gasteiger partial charge in [0.15, 0.2) is 0 Å². The van der Waals surface area contributed by atoms with Gasteiger partial charge in [-0.25, -0.2) is 0 Å². The van der Waals surface area contributed by atoms with Gasteiger partial charge in [-0.05, 0) is 0 Å². The van der Waals surface area contributed by atoms with Crippen molar-refractivity contribution in [3.05, 3.63) is 12.2 Å². The molecule has 0 aliphatic carbocycles. The Bertz CT molecular complexity index is 76.1. The molecule has 0 saturated heterocycles. The van der Waals surface area contributed by atoms with Crippen molar-refractivity contribution in [2.24, 2.45) is 0 Å². The van der Waals surface area contributed by atoms with Crippen LogP contribution in [0, 0.1) is 0 Å². The minimum Gasteiger partial charge on any atom is -0.854 e. The van der Waals surface area contributed by atoms with Crippen LogP contribution in [0.1, 0.15) is 6.42 Å². The van der Waals surface area contributed by atoms with Gasteiger partial charge in [0.25, 0.3) is 0 Å². The lowest BCUT2D eigenvalue weighted by molar-refractivity contribution is -0.366. The number of rotatable bonds is 3. The van der Waals surface area contributed by atoms with Gasteiger partial charge < -0.3 is 5.11 Å². The Morgan fingerprint density at radius 3 is 2.57 bits per heavy atom. The Morgan fingerprint density at radius 2 is 2.43 bits per heavy atom. The molecule has 0 aromatic carbocycles. The van der Waals surface area contributed by atoms with Crippen molar-refractivity contribution in [1.82, 2.24) is 0 Å². The van der Waals surface area contributed by atoms with E-state index in [4.69, 9.17) is 0 Å². The molecule has 7 heavy (non-hydrogen) atoms. The van der Waals surface area contributed by atoms with Crippen molar-refractivity contribution >= 4 is 6.29 Å². The molecule has 0 radical (unpaired) electrons. The normalized spacial score (nSPS) is 7.57. The standard InChI is InChI=1S/C5H6O2/c1-5(4-7)2-3-6/h1-3H2. The molecule has 0 atom stereocenters. The highest BCUT2D eigenvalue weighted by molar-refractivity contribution is 5.72. The number of carbonyl (C=O) groups excluding carboxylic acids is 1. The fourth-order valence-corrected chi connectivity index (χ4v) is 0.174. The molecule has 0 bridgehead atoms. The highest BCUT2D eigenvalue weighted by atomic mass is 16.3. The molecule has 0 aliphatic heterocycles. The zero-order valence-corrected chi connectivity index (χ0v) is 3.94. The largest absolute Gasteiger partial charge is 0.854 e. The molecule has 2 heteroatoms. The summed E-state index contributed by atoms with van der Waals surface area (Å²) in [6.45, 7) is 2.97. The molecule has 2 nitrogen and oxygen atoms in total. The van der Waals surface area contributed by atoms with Crippen LogP contribution >= 0.6 is 0 Å². The summed E-state index contributed by atoms with van der Waals surface area (Å²) in [5.74, 6) is 0. The van der Waals surface area contributed by atoms with Gasteiger partial charge in [0.2, 0.25) is 5.57 Å². The molecule has 0 aromatic rings. The third-order valence-corrected chi connectivity index (χ3v) is 0.548. The molecule has 0 amide bonds. The summed E-state index contributed by atoms with van der Waals surface area (Å²) >= 11 is 0. The first-order chi connectivity index (χ1) is 3.31. The van der Waals surface area contributed by atoms with Crippen LogP contribution in [0.4, 0.5) is 0 Å². The summed E-state index contributed by atoms with van der Waals surface area (Å²) in [5, 5.41) is 9.66. The van der Waals surface area contributed by atoms with Gasteiger partial charge in [-0.3, -0.25) is 0 Å². The molecular weight excluding hydrogens is 92.1 g/mol. The van der Waals surface area contributed by atoms with Gasteiger partial charge in [0.05, 0.1) is 0 Å². The van der Waals surface area contributed by atoms with Gasteiger partial charge in [-0.1, -0.05) is 4.79 Å². The maximum atomic E-state index is 9.66. The Labute approximate surface area is 42.5 Å². The van der Waals surface area contributed by atoms with Crippen LogP contribution in [-0.2, 0) is 4.79 Å². The lowest BCUT2D eigenvalue weighted by Crippen LogP contribution is -2.05. The van der Waals surface area contributed by atoms with Crippen LogP contribution in [0.15, 0.2) is 12.2 Å². The average Bonchev–Trinajstić information content (AvgIpc) is 1.68. The quantitative estimate of drug-likeness (QED) is 0.349. The smallest absolute Gasteiger partial charge is 0.359 e. The van der Waals surface area contributed by atoms with Crippen molar-refractivity contribution in [2.45, 2.75) is 6.42 Å². The second kappa shape index (κ2) is 3.47. The minimum absolute atomic E-state index is 0.226. The zero-order valence-electron chi connectivity index (χ0n) is 3.94. The Kier molecular flexibility index (Phi) is 3.11. The van der Waals surface area contributed by atoms with E-state index in [0.29, 0.717) is 0 Å². The Balaban J connectivity index is 3.17. The molecule has 0 heterocycles. The van der Waals surface area contributed by atoms with E-state index in [9.17, 15) is 9.90 Å². The molecule has 0 fully saturated rings. The van der Waals surface area contributed by atoms with Gasteiger partial charge in [0, 0.05) is 13.0 Å². The molecule has 0 aromatic heterocycles. The van der Waals surface area contributed by atoms with E-state index < -0.39 is 0 Å². The SMILES string of the molecule is C=C([C+]=O)CC[O-]. The monoisotopic (exact) mass is 98.0 g/mol. The molecule has 0 N–H and O–H groups in total. The molecule has 0 unspecified atom stereocenters. The van der Waals surface area contributed by atoms with Crippen LogP contribution < -0.4 is 5.11 Å². The van der Waals surface area contributed by atoms with E-state index in [0.717, 1.165) is 0 Å². The van der Waals surface area contributed by atoms with Crippen molar-refractivity contribution < 1.29 is 9.90 Å². The summed E-state index contributed by atoms with van der Waals surface area (Å²) in [5.41, 5.74) is 0.259. The first-order valence-electron chi connectivity index (χ1n) is 1.95. The predicted molar refractivity (Wildman–Crippen MR) is 24.3 cm³/mol. The van der Waals surface area contributed by atoms with E-state index in [-0.39, 0.29) is 18.6 Å². The van der Waals surface area contributed by atoms with E-state index in [1.165, 1.54) is 6.29 Å². The molecular formula is C5H6O2. The van der Waals surface area contributed by atoms with E-state index in [2.05, 4.69) is 6.58 Å². The van der Waals surface area contributed by atoms with Gasteiger partial charge in [-0.2, -0.15) is 0 Å². The number of hydrogen-bond acceptors (Lipinski definition) is 2. The Hall–Kier alpha value is -0.720. The third-order valence-electron chi connectivity index (χ3n) is 0.548. The fourth-order valence-electron chi connectivity index (χ4n) is 0.174. The highest BCUT2D eigenvalue weighted by Gasteiger charge is 1.95. The zero-order chi connectivity index (χ0) is 5.70. The average molecular weight is 98.1 g/mol. The van der Waals surface area contributed by atoms with Crippen LogP contribution in [0.25, 0.3) is 0 Å². The van der Waals surface area contributed by atoms with E-state index >= 15 is 0 Å². The lowest BCUT2D eigenvalue weighted by Gasteiger charge is -1.91. The van der Waals surface area contributed by atoms with Gasteiger partial charge in [-0.15, -0.1) is 6.61 Å². The van der Waals surface area contributed by atoms with E-state index in [1.807, 2.05) is 0 Å². The van der Waals surface area contributed by atoms with Crippen LogP contribution in [-0.4, -0.2) is 12.9 Å². The maximum absolute atomic E-state index is 9.66. The summed E-state index contributed by atoms with van der Waals surface area (Å²) in [4.78, 5) is 9.53. The Morgan fingerprint density at radius 1 is 1.86 bits per heavy atom. The van der Waals surface area contributed by atoms with Crippen LogP contribution in [0.2, 0.25) is 0 Å². The summed E-state index contributed by atoms with van der Waals surface area (Å²) in [6.07, 6.45) is 1.75. The van der Waals surface area contributed by atoms with E-state index in [1.54, 1.807) is 0 Å². The molecule has 0 spiro atoms. The molecule has 0 rings (SSSR count). The summed E-state index contributed by atoms with van der Waals surface area (Å²) in [6, 6.07) is 0.